The summed E-state index contributed by atoms with van der Waals surface area (Å²) in [5.74, 6) is -0.560. The zero-order chi connectivity index (χ0) is 26.6. The van der Waals surface area contributed by atoms with Gasteiger partial charge in [-0.25, -0.2) is 14.2 Å². The Morgan fingerprint density at radius 2 is 1.63 bits per heavy atom. The average molecular weight is 525 g/mol. The molecule has 1 aromatic carbocycles. The van der Waals surface area contributed by atoms with Crippen molar-refractivity contribution in [3.63, 3.8) is 0 Å². The largest absolute Gasteiger partial charge is 0.465 e. The quantitative estimate of drug-likeness (QED) is 0.376. The van der Waals surface area contributed by atoms with E-state index in [-0.39, 0.29) is 35.4 Å². The molecule has 2 aromatic rings. The number of halogens is 1. The third-order valence-electron chi connectivity index (χ3n) is 7.85. The van der Waals surface area contributed by atoms with E-state index >= 15 is 0 Å². The van der Waals surface area contributed by atoms with E-state index in [1.807, 2.05) is 0 Å². The molecule has 0 radical (unpaired) electrons. The molecule has 202 valence electrons. The number of amides is 3. The zero-order valence-corrected chi connectivity index (χ0v) is 21.1. The first kappa shape index (κ1) is 25.9. The molecule has 3 aliphatic heterocycles. The van der Waals surface area contributed by atoms with Gasteiger partial charge in [0.05, 0.1) is 11.8 Å². The molecule has 2 bridgehead atoms. The fourth-order valence-electron chi connectivity index (χ4n) is 5.79. The Bertz CT molecular complexity index is 1190. The van der Waals surface area contributed by atoms with Crippen molar-refractivity contribution in [2.45, 2.75) is 56.7 Å². The van der Waals surface area contributed by atoms with Crippen LogP contribution in [-0.2, 0) is 0 Å². The summed E-state index contributed by atoms with van der Waals surface area (Å²) in [6.45, 7) is 3.07. The Morgan fingerprint density at radius 1 is 0.921 bits per heavy atom. The van der Waals surface area contributed by atoms with Crippen molar-refractivity contribution < 1.29 is 23.9 Å². The number of nitrogens with one attached hydrogen (secondary N) is 4. The van der Waals surface area contributed by atoms with Gasteiger partial charge in [0.2, 0.25) is 0 Å². The van der Waals surface area contributed by atoms with Crippen LogP contribution in [0.15, 0.2) is 36.5 Å². The Labute approximate surface area is 220 Å². The number of carboxylic acid groups (broad SMARTS) is 1. The minimum absolute atomic E-state index is 0.0536. The molecule has 6 rings (SSSR count). The van der Waals surface area contributed by atoms with E-state index in [2.05, 4.69) is 31.2 Å². The first-order valence-corrected chi connectivity index (χ1v) is 13.2. The number of aromatic nitrogens is 1. The van der Waals surface area contributed by atoms with Crippen molar-refractivity contribution in [3.8, 4) is 0 Å². The molecule has 38 heavy (non-hydrogen) atoms. The predicted octanol–water partition coefficient (Wildman–Crippen LogP) is 3.10. The predicted molar refractivity (Wildman–Crippen MR) is 139 cm³/mol. The number of benzene rings is 1. The first-order chi connectivity index (χ1) is 18.3. The lowest BCUT2D eigenvalue weighted by Crippen LogP contribution is -2.57. The van der Waals surface area contributed by atoms with Gasteiger partial charge in [0, 0.05) is 35.9 Å². The minimum atomic E-state index is -1.06. The molecular weight excluding hydrogens is 491 g/mol. The standard InChI is InChI=1S/C27H33FN6O4/c28-18-13-22(26(36)31-19-4-6-20(7-5-19)32-27(37)38)24(29-14-18)30-21-3-1-2-17(12-21)25(35)33-23-15-34-10-8-16(23)9-11-34/h1-3,12-14,16,19-20,23,32H,4-11,15H2,(H,29,30)(H,31,36)(H,33,35)(H,37,38). The van der Waals surface area contributed by atoms with Crippen LogP contribution in [0.4, 0.5) is 20.7 Å². The third-order valence-corrected chi connectivity index (χ3v) is 7.85. The van der Waals surface area contributed by atoms with Crippen LogP contribution >= 0.6 is 0 Å². The summed E-state index contributed by atoms with van der Waals surface area (Å²) in [5.41, 5.74) is 1.10. The van der Waals surface area contributed by atoms with Crippen LogP contribution in [-0.4, -0.2) is 70.7 Å². The van der Waals surface area contributed by atoms with Crippen molar-refractivity contribution in [2.24, 2.45) is 5.92 Å². The summed E-state index contributed by atoms with van der Waals surface area (Å²) in [6.07, 6.45) is 4.63. The number of nitrogens with zero attached hydrogens (tertiary/aromatic N) is 2. The maximum Gasteiger partial charge on any atom is 0.404 e. The van der Waals surface area contributed by atoms with Crippen molar-refractivity contribution in [1.29, 1.82) is 0 Å². The summed E-state index contributed by atoms with van der Waals surface area (Å²) in [4.78, 5) is 43.4. The molecule has 3 amide bonds. The van der Waals surface area contributed by atoms with E-state index in [1.54, 1.807) is 24.3 Å². The van der Waals surface area contributed by atoms with E-state index in [0.29, 0.717) is 42.9 Å². The normalized spacial score (nSPS) is 26.3. The highest BCUT2D eigenvalue weighted by molar-refractivity contribution is 6.00. The van der Waals surface area contributed by atoms with Gasteiger partial charge in [0.15, 0.2) is 0 Å². The van der Waals surface area contributed by atoms with Crippen molar-refractivity contribution in [3.05, 3.63) is 53.5 Å². The molecule has 1 atom stereocenters. The Balaban J connectivity index is 1.23. The number of fused-ring (bicyclic) bond motifs is 3. The SMILES string of the molecule is O=C(O)NC1CCC(NC(=O)c2cc(F)cnc2Nc2cccc(C(=O)NC3CN4CCC3CC4)c2)CC1. The second kappa shape index (κ2) is 11.3. The van der Waals surface area contributed by atoms with Crippen LogP contribution in [0, 0.1) is 11.7 Å². The lowest BCUT2D eigenvalue weighted by molar-refractivity contribution is 0.0620. The number of piperidine rings is 3. The van der Waals surface area contributed by atoms with Crippen LogP contribution in [0.5, 0.6) is 0 Å². The van der Waals surface area contributed by atoms with Gasteiger partial charge in [-0.15, -0.1) is 0 Å². The number of pyridine rings is 1. The molecule has 0 spiro atoms. The van der Waals surface area contributed by atoms with E-state index in [0.717, 1.165) is 44.7 Å². The summed E-state index contributed by atoms with van der Waals surface area (Å²) in [7, 11) is 0. The molecule has 1 unspecified atom stereocenters. The molecule has 1 saturated carbocycles. The van der Waals surface area contributed by atoms with Crippen LogP contribution in [0.3, 0.4) is 0 Å². The molecule has 4 heterocycles. The zero-order valence-electron chi connectivity index (χ0n) is 21.1. The molecule has 5 N–H and O–H groups in total. The smallest absolute Gasteiger partial charge is 0.404 e. The van der Waals surface area contributed by atoms with E-state index in [4.69, 9.17) is 5.11 Å². The summed E-state index contributed by atoms with van der Waals surface area (Å²) < 4.78 is 14.1. The fourth-order valence-corrected chi connectivity index (χ4v) is 5.79. The van der Waals surface area contributed by atoms with Gasteiger partial charge in [-0.1, -0.05) is 6.07 Å². The van der Waals surface area contributed by atoms with Crippen LogP contribution in [0.1, 0.15) is 59.2 Å². The monoisotopic (exact) mass is 524 g/mol. The lowest BCUT2D eigenvalue weighted by atomic mass is 9.84. The average Bonchev–Trinajstić information content (AvgIpc) is 2.91. The van der Waals surface area contributed by atoms with Crippen molar-refractivity contribution in [1.82, 2.24) is 25.8 Å². The molecule has 4 fully saturated rings. The number of carbonyl (C=O) groups is 3. The Morgan fingerprint density at radius 3 is 2.29 bits per heavy atom. The van der Waals surface area contributed by atoms with Gasteiger partial charge in [-0.3, -0.25) is 9.59 Å². The van der Waals surface area contributed by atoms with Gasteiger partial charge in [-0.05, 0) is 81.8 Å². The highest BCUT2D eigenvalue weighted by atomic mass is 19.1. The van der Waals surface area contributed by atoms with Gasteiger partial charge in [0.25, 0.3) is 11.8 Å². The highest BCUT2D eigenvalue weighted by Crippen LogP contribution is 2.28. The number of rotatable bonds is 7. The van der Waals surface area contributed by atoms with Crippen LogP contribution in [0.25, 0.3) is 0 Å². The third kappa shape index (κ3) is 6.21. The highest BCUT2D eigenvalue weighted by Gasteiger charge is 2.35. The van der Waals surface area contributed by atoms with Gasteiger partial charge in [0.1, 0.15) is 11.6 Å². The minimum Gasteiger partial charge on any atom is -0.465 e. The number of anilines is 2. The number of hydrogen-bond acceptors (Lipinski definition) is 6. The van der Waals surface area contributed by atoms with E-state index < -0.39 is 17.8 Å². The summed E-state index contributed by atoms with van der Waals surface area (Å²) in [6, 6.07) is 7.93. The maximum atomic E-state index is 14.1. The second-order valence-electron chi connectivity index (χ2n) is 10.4. The topological polar surface area (TPSA) is 136 Å². The maximum absolute atomic E-state index is 14.1. The van der Waals surface area contributed by atoms with Crippen LogP contribution in [0.2, 0.25) is 0 Å². The summed E-state index contributed by atoms with van der Waals surface area (Å²) in [5, 5.41) is 20.5. The molecular formula is C27H33FN6O4. The van der Waals surface area contributed by atoms with Gasteiger partial charge < -0.3 is 31.3 Å². The summed E-state index contributed by atoms with van der Waals surface area (Å²) >= 11 is 0. The second-order valence-corrected chi connectivity index (χ2v) is 10.4. The molecule has 11 heteroatoms. The Hall–Kier alpha value is -3.73. The molecule has 4 aliphatic rings. The van der Waals surface area contributed by atoms with Crippen LogP contribution < -0.4 is 21.3 Å². The molecule has 10 nitrogen and oxygen atoms in total. The number of carbonyl (C=O) groups excluding carboxylic acids is 2. The number of hydrogen-bond donors (Lipinski definition) is 5. The molecule has 1 aromatic heterocycles. The van der Waals surface area contributed by atoms with Crippen molar-refractivity contribution >= 4 is 29.4 Å². The fraction of sp³-hybridized carbons (Fsp3) is 0.481. The van der Waals surface area contributed by atoms with Gasteiger partial charge in [-0.2, -0.15) is 0 Å². The van der Waals surface area contributed by atoms with E-state index in [9.17, 15) is 18.8 Å². The lowest BCUT2D eigenvalue weighted by Gasteiger charge is -2.44. The van der Waals surface area contributed by atoms with Gasteiger partial charge >= 0.3 is 6.09 Å². The van der Waals surface area contributed by atoms with E-state index in [1.165, 1.54) is 0 Å². The first-order valence-electron chi connectivity index (χ1n) is 13.2. The molecule has 1 aliphatic carbocycles. The Kier molecular flexibility index (Phi) is 7.73. The molecule has 3 saturated heterocycles. The van der Waals surface area contributed by atoms with Crippen molar-refractivity contribution in [2.75, 3.05) is 25.0 Å².